The molecular weight excluding hydrogens is 426 g/mol. The number of rotatable bonds is 9. The monoisotopic (exact) mass is 465 g/mol. The molecule has 1 heterocycles. The van der Waals surface area contributed by atoms with Crippen LogP contribution in [0.2, 0.25) is 0 Å². The number of Topliss-reactive ketones (excluding diaryl/α,β-unsaturated/α-hetero) is 1. The van der Waals surface area contributed by atoms with E-state index in [1.807, 2.05) is 24.3 Å². The average Bonchev–Trinajstić information content (AvgIpc) is 3.31. The number of aromatic amines is 1. The third-order valence-corrected chi connectivity index (χ3v) is 7.69. The number of aromatic nitrogens is 1. The Kier molecular flexibility index (Phi) is 8.41. The molecule has 4 rings (SSSR count). The van der Waals surface area contributed by atoms with Gasteiger partial charge in [-0.05, 0) is 44.1 Å². The van der Waals surface area contributed by atoms with Gasteiger partial charge in [-0.1, -0.05) is 70.1 Å². The number of fused-ring (bicyclic) bond motifs is 1. The van der Waals surface area contributed by atoms with Crippen molar-refractivity contribution in [2.75, 3.05) is 6.54 Å². The molecule has 1 atom stereocenters. The number of nitrogens with zero attached hydrogens (tertiary/aromatic N) is 1. The first-order valence-electron chi connectivity index (χ1n) is 13.3. The van der Waals surface area contributed by atoms with Crippen LogP contribution < -0.4 is 5.32 Å². The molecule has 1 aromatic carbocycles. The zero-order valence-corrected chi connectivity index (χ0v) is 20.5. The Labute approximate surface area is 202 Å². The number of para-hydroxylation sites is 1. The third-order valence-electron chi connectivity index (χ3n) is 7.69. The van der Waals surface area contributed by atoms with Crippen LogP contribution in [-0.2, 0) is 9.59 Å². The lowest BCUT2D eigenvalue weighted by Gasteiger charge is -2.38. The van der Waals surface area contributed by atoms with Crippen LogP contribution in [0.3, 0.4) is 0 Å². The minimum atomic E-state index is -0.574. The fourth-order valence-electron chi connectivity index (χ4n) is 5.79. The van der Waals surface area contributed by atoms with Gasteiger partial charge in [0, 0.05) is 29.7 Å². The van der Waals surface area contributed by atoms with E-state index < -0.39 is 17.7 Å². The molecule has 184 valence electrons. The number of carbonyl (C=O) groups excluding carboxylic acids is 3. The summed E-state index contributed by atoms with van der Waals surface area (Å²) < 4.78 is 0. The van der Waals surface area contributed by atoms with Crippen LogP contribution >= 0.6 is 0 Å². The van der Waals surface area contributed by atoms with Crippen LogP contribution in [-0.4, -0.2) is 46.1 Å². The van der Waals surface area contributed by atoms with Gasteiger partial charge in [0.15, 0.2) is 0 Å². The predicted octanol–water partition coefficient (Wildman–Crippen LogP) is 5.38. The second kappa shape index (κ2) is 11.7. The number of unbranched alkanes of at least 4 members (excludes halogenated alkanes) is 1. The summed E-state index contributed by atoms with van der Waals surface area (Å²) in [4.78, 5) is 45.7. The van der Waals surface area contributed by atoms with E-state index in [1.54, 1.807) is 11.1 Å². The molecule has 2 aliphatic carbocycles. The second-order valence-electron chi connectivity index (χ2n) is 10.1. The van der Waals surface area contributed by atoms with Gasteiger partial charge in [0.25, 0.3) is 11.7 Å². The molecule has 2 aromatic rings. The molecule has 0 saturated heterocycles. The molecule has 0 spiro atoms. The van der Waals surface area contributed by atoms with Crippen molar-refractivity contribution in [2.45, 2.75) is 96.1 Å². The Morgan fingerprint density at radius 1 is 1.00 bits per heavy atom. The average molecular weight is 466 g/mol. The Balaban J connectivity index is 1.62. The molecule has 6 heteroatoms. The Bertz CT molecular complexity index is 986. The highest BCUT2D eigenvalue weighted by Gasteiger charge is 2.40. The third kappa shape index (κ3) is 5.53. The van der Waals surface area contributed by atoms with Crippen LogP contribution in [0.15, 0.2) is 30.5 Å². The van der Waals surface area contributed by atoms with Gasteiger partial charge in [-0.15, -0.1) is 0 Å². The fourth-order valence-corrected chi connectivity index (χ4v) is 5.79. The van der Waals surface area contributed by atoms with Gasteiger partial charge in [0.05, 0.1) is 5.56 Å². The number of nitrogens with one attached hydrogen (secondary N) is 2. The molecule has 1 aromatic heterocycles. The standard InChI is InChI=1S/C28H39N3O3/c1-2-3-18-31(28(34)26(32)23-19-29-24-17-11-10-16-22(23)24)25(20-12-6-4-7-13-20)27(33)30-21-14-8-5-9-15-21/h10-11,16-17,19-21,25,29H,2-9,12-15,18H2,1H3,(H,30,33). The van der Waals surface area contributed by atoms with Crippen molar-refractivity contribution in [3.63, 3.8) is 0 Å². The number of amides is 2. The SMILES string of the molecule is CCCCN(C(=O)C(=O)c1c[nH]c2ccccc12)C(C(=O)NC1CCCCC1)C1CCCCC1. The van der Waals surface area contributed by atoms with Crippen molar-refractivity contribution in [3.8, 4) is 0 Å². The maximum absolute atomic E-state index is 13.8. The number of hydrogen-bond acceptors (Lipinski definition) is 3. The lowest BCUT2D eigenvalue weighted by atomic mass is 9.82. The van der Waals surface area contributed by atoms with E-state index in [0.29, 0.717) is 12.1 Å². The van der Waals surface area contributed by atoms with Crippen LogP contribution in [0, 0.1) is 5.92 Å². The van der Waals surface area contributed by atoms with Crippen LogP contribution in [0.5, 0.6) is 0 Å². The molecule has 0 aliphatic heterocycles. The smallest absolute Gasteiger partial charge is 0.295 e. The molecule has 2 fully saturated rings. The van der Waals surface area contributed by atoms with Crippen molar-refractivity contribution in [1.29, 1.82) is 0 Å². The maximum Gasteiger partial charge on any atom is 0.295 e. The van der Waals surface area contributed by atoms with Crippen molar-refractivity contribution in [3.05, 3.63) is 36.0 Å². The van der Waals surface area contributed by atoms with E-state index in [-0.39, 0.29) is 17.9 Å². The molecule has 0 radical (unpaired) electrons. The van der Waals surface area contributed by atoms with Gasteiger partial charge in [-0.2, -0.15) is 0 Å². The van der Waals surface area contributed by atoms with E-state index in [1.165, 1.54) is 12.8 Å². The quantitative estimate of drug-likeness (QED) is 0.385. The molecule has 6 nitrogen and oxygen atoms in total. The van der Waals surface area contributed by atoms with Crippen LogP contribution in [0.4, 0.5) is 0 Å². The van der Waals surface area contributed by atoms with Crippen LogP contribution in [0.25, 0.3) is 10.9 Å². The number of H-pyrrole nitrogens is 1. The molecule has 1 unspecified atom stereocenters. The summed E-state index contributed by atoms with van der Waals surface area (Å²) in [6.45, 7) is 2.50. The highest BCUT2D eigenvalue weighted by molar-refractivity contribution is 6.45. The summed E-state index contributed by atoms with van der Waals surface area (Å²) >= 11 is 0. The van der Waals surface area contributed by atoms with Crippen LogP contribution in [0.1, 0.15) is 94.3 Å². The maximum atomic E-state index is 13.8. The van der Waals surface area contributed by atoms with E-state index in [2.05, 4.69) is 17.2 Å². The molecule has 2 aliphatic rings. The molecule has 2 saturated carbocycles. The number of hydrogen-bond donors (Lipinski definition) is 2. The zero-order chi connectivity index (χ0) is 23.9. The van der Waals surface area contributed by atoms with E-state index in [9.17, 15) is 14.4 Å². The molecule has 2 N–H and O–H groups in total. The summed E-state index contributed by atoms with van der Waals surface area (Å²) in [5.74, 6) is -1.03. The first-order chi connectivity index (χ1) is 16.6. The normalized spacial score (nSPS) is 18.5. The molecular formula is C28H39N3O3. The lowest BCUT2D eigenvalue weighted by Crippen LogP contribution is -2.57. The summed E-state index contributed by atoms with van der Waals surface area (Å²) in [5.41, 5.74) is 1.22. The molecule has 2 amide bonds. The summed E-state index contributed by atoms with van der Waals surface area (Å²) in [5, 5.41) is 4.03. The summed E-state index contributed by atoms with van der Waals surface area (Å²) in [6.07, 6.45) is 14.0. The van der Waals surface area contributed by atoms with E-state index >= 15 is 0 Å². The largest absolute Gasteiger partial charge is 0.360 e. The van der Waals surface area contributed by atoms with Gasteiger partial charge < -0.3 is 15.2 Å². The van der Waals surface area contributed by atoms with Crippen molar-refractivity contribution in [1.82, 2.24) is 15.2 Å². The number of ketones is 1. The summed E-state index contributed by atoms with van der Waals surface area (Å²) in [6, 6.07) is 7.13. The van der Waals surface area contributed by atoms with Gasteiger partial charge >= 0.3 is 0 Å². The summed E-state index contributed by atoms with van der Waals surface area (Å²) in [7, 11) is 0. The van der Waals surface area contributed by atoms with Gasteiger partial charge in [-0.25, -0.2) is 0 Å². The van der Waals surface area contributed by atoms with Gasteiger partial charge in [-0.3, -0.25) is 14.4 Å². The van der Waals surface area contributed by atoms with E-state index in [4.69, 9.17) is 0 Å². The highest BCUT2D eigenvalue weighted by Crippen LogP contribution is 2.31. The Morgan fingerprint density at radius 3 is 2.38 bits per heavy atom. The molecule has 0 bridgehead atoms. The minimum absolute atomic E-state index is 0.0602. The van der Waals surface area contributed by atoms with Crippen molar-refractivity contribution < 1.29 is 14.4 Å². The Hall–Kier alpha value is -2.63. The second-order valence-corrected chi connectivity index (χ2v) is 10.1. The minimum Gasteiger partial charge on any atom is -0.360 e. The predicted molar refractivity (Wildman–Crippen MR) is 135 cm³/mol. The van der Waals surface area contributed by atoms with Crippen molar-refractivity contribution >= 4 is 28.5 Å². The number of carbonyl (C=O) groups is 3. The fraction of sp³-hybridized carbons (Fsp3) is 0.607. The topological polar surface area (TPSA) is 82.3 Å². The lowest BCUT2D eigenvalue weighted by molar-refractivity contribution is -0.140. The highest BCUT2D eigenvalue weighted by atomic mass is 16.2. The first-order valence-corrected chi connectivity index (χ1v) is 13.3. The van der Waals surface area contributed by atoms with Gasteiger partial charge in [0.1, 0.15) is 6.04 Å². The number of benzene rings is 1. The Morgan fingerprint density at radius 2 is 1.68 bits per heavy atom. The van der Waals surface area contributed by atoms with E-state index in [0.717, 1.165) is 75.1 Å². The zero-order valence-electron chi connectivity index (χ0n) is 20.5. The molecule has 34 heavy (non-hydrogen) atoms. The van der Waals surface area contributed by atoms with Gasteiger partial charge in [0.2, 0.25) is 5.91 Å². The first kappa shape index (κ1) is 24.5. The van der Waals surface area contributed by atoms with Crippen molar-refractivity contribution in [2.24, 2.45) is 5.92 Å².